The van der Waals surface area contributed by atoms with E-state index < -0.39 is 10.0 Å². The van der Waals surface area contributed by atoms with Gasteiger partial charge in [-0.15, -0.1) is 0 Å². The quantitative estimate of drug-likeness (QED) is 0.782. The molecule has 0 aliphatic carbocycles. The van der Waals surface area contributed by atoms with Gasteiger partial charge in [0.15, 0.2) is 0 Å². The van der Waals surface area contributed by atoms with Crippen molar-refractivity contribution in [2.24, 2.45) is 0 Å². The summed E-state index contributed by atoms with van der Waals surface area (Å²) in [5, 5.41) is 0. The van der Waals surface area contributed by atoms with Crippen LogP contribution in [0.2, 0.25) is 0 Å². The van der Waals surface area contributed by atoms with E-state index in [-0.39, 0.29) is 11.4 Å². The number of sulfonamides is 1. The van der Waals surface area contributed by atoms with E-state index in [1.54, 1.807) is 30.3 Å². The fourth-order valence-electron chi connectivity index (χ4n) is 2.46. The molecule has 0 atom stereocenters. The number of benzene rings is 2. The second kappa shape index (κ2) is 6.14. The number of fused-ring (bicyclic) bond motifs is 1. The molecule has 0 spiro atoms. The Labute approximate surface area is 136 Å². The second-order valence-corrected chi connectivity index (χ2v) is 7.47. The number of hydrogen-bond donors (Lipinski definition) is 1. The van der Waals surface area contributed by atoms with Gasteiger partial charge in [-0.2, -0.15) is 0 Å². The van der Waals surface area contributed by atoms with Crippen molar-refractivity contribution < 1.29 is 8.42 Å². The normalized spacial score (nSPS) is 12.1. The topological polar surface area (TPSA) is 64.0 Å². The van der Waals surface area contributed by atoms with E-state index >= 15 is 0 Å². The van der Waals surface area contributed by atoms with E-state index in [0.717, 1.165) is 16.6 Å². The lowest BCUT2D eigenvalue weighted by Crippen LogP contribution is -2.23. The van der Waals surface area contributed by atoms with E-state index in [4.69, 9.17) is 0 Å². The minimum Gasteiger partial charge on any atom is -0.328 e. The first-order valence-electron chi connectivity index (χ1n) is 7.47. The highest BCUT2D eigenvalue weighted by molar-refractivity contribution is 7.89. The van der Waals surface area contributed by atoms with Crippen molar-refractivity contribution in [1.29, 1.82) is 0 Å². The Morgan fingerprint density at radius 3 is 2.57 bits per heavy atom. The predicted octanol–water partition coefficient (Wildman–Crippen LogP) is 3.10. The van der Waals surface area contributed by atoms with Gasteiger partial charge in [0.1, 0.15) is 0 Å². The summed E-state index contributed by atoms with van der Waals surface area (Å²) in [5.41, 5.74) is 2.80. The summed E-state index contributed by atoms with van der Waals surface area (Å²) in [6, 6.07) is 14.5. The second-order valence-electron chi connectivity index (χ2n) is 5.71. The lowest BCUT2D eigenvalue weighted by molar-refractivity contribution is 0.581. The lowest BCUT2D eigenvalue weighted by Gasteiger charge is -2.09. The maximum atomic E-state index is 12.2. The van der Waals surface area contributed by atoms with Gasteiger partial charge >= 0.3 is 0 Å². The van der Waals surface area contributed by atoms with E-state index in [2.05, 4.69) is 28.1 Å². The largest absolute Gasteiger partial charge is 0.328 e. The van der Waals surface area contributed by atoms with Crippen molar-refractivity contribution >= 4 is 21.1 Å². The van der Waals surface area contributed by atoms with Gasteiger partial charge in [-0.1, -0.05) is 24.3 Å². The maximum absolute atomic E-state index is 12.2. The Morgan fingerprint density at radius 2 is 1.87 bits per heavy atom. The number of nitrogens with zero attached hydrogens (tertiary/aromatic N) is 2. The number of rotatable bonds is 5. The van der Waals surface area contributed by atoms with Gasteiger partial charge in [-0.25, -0.2) is 18.1 Å². The molecule has 1 aromatic heterocycles. The van der Waals surface area contributed by atoms with Crippen molar-refractivity contribution in [2.75, 3.05) is 0 Å². The first kappa shape index (κ1) is 15.7. The summed E-state index contributed by atoms with van der Waals surface area (Å²) in [5.74, 6) is 0. The summed E-state index contributed by atoms with van der Waals surface area (Å²) in [6.07, 6.45) is 1.81. The summed E-state index contributed by atoms with van der Waals surface area (Å²) in [4.78, 5) is 4.66. The molecule has 0 radical (unpaired) electrons. The molecule has 3 rings (SSSR count). The number of nitrogens with one attached hydrogen (secondary N) is 1. The molecule has 1 N–H and O–H groups in total. The average molecular weight is 329 g/mol. The van der Waals surface area contributed by atoms with E-state index in [1.807, 2.05) is 24.5 Å². The van der Waals surface area contributed by atoms with Crippen LogP contribution in [0.4, 0.5) is 0 Å². The molecule has 120 valence electrons. The molecule has 0 saturated carbocycles. The van der Waals surface area contributed by atoms with Crippen molar-refractivity contribution in [2.45, 2.75) is 31.3 Å². The number of aromatic nitrogens is 2. The van der Waals surface area contributed by atoms with Crippen LogP contribution in [0.1, 0.15) is 25.5 Å². The first-order valence-corrected chi connectivity index (χ1v) is 8.96. The third kappa shape index (κ3) is 3.28. The molecular formula is C17H19N3O2S. The first-order chi connectivity index (χ1) is 11.0. The van der Waals surface area contributed by atoms with Gasteiger partial charge in [0.25, 0.3) is 0 Å². The molecule has 6 heteroatoms. The third-order valence-electron chi connectivity index (χ3n) is 3.72. The highest BCUT2D eigenvalue weighted by atomic mass is 32.2. The molecule has 0 bridgehead atoms. The molecule has 5 nitrogen and oxygen atoms in total. The highest BCUT2D eigenvalue weighted by Crippen LogP contribution is 2.19. The zero-order valence-corrected chi connectivity index (χ0v) is 13.9. The molecule has 1 heterocycles. The summed E-state index contributed by atoms with van der Waals surface area (Å²) in [6.45, 7) is 4.44. The molecule has 0 aliphatic heterocycles. The van der Waals surface area contributed by atoms with Crippen LogP contribution in [0.25, 0.3) is 11.0 Å². The van der Waals surface area contributed by atoms with Crippen LogP contribution in [0.5, 0.6) is 0 Å². The summed E-state index contributed by atoms with van der Waals surface area (Å²) >= 11 is 0. The standard InChI is InChI=1S/C17H19N3O2S/c1-13(2)20-12-18-16-10-14(8-9-17(16)20)11-19-23(21,22)15-6-4-3-5-7-15/h3-10,12-13,19H,11H2,1-2H3. The Bertz CT molecular complexity index is 915. The van der Waals surface area contributed by atoms with Crippen LogP contribution < -0.4 is 4.72 Å². The van der Waals surface area contributed by atoms with Crippen LogP contribution in [0.3, 0.4) is 0 Å². The van der Waals surface area contributed by atoms with Crippen molar-refractivity contribution in [3.05, 3.63) is 60.4 Å². The van der Waals surface area contributed by atoms with Gasteiger partial charge in [0.05, 0.1) is 22.3 Å². The Morgan fingerprint density at radius 1 is 1.13 bits per heavy atom. The van der Waals surface area contributed by atoms with Gasteiger partial charge in [0.2, 0.25) is 10.0 Å². The lowest BCUT2D eigenvalue weighted by atomic mass is 10.2. The third-order valence-corrected chi connectivity index (χ3v) is 5.13. The Kier molecular flexibility index (Phi) is 4.19. The predicted molar refractivity (Wildman–Crippen MR) is 90.6 cm³/mol. The van der Waals surface area contributed by atoms with E-state index in [1.165, 1.54) is 0 Å². The van der Waals surface area contributed by atoms with Gasteiger partial charge in [-0.05, 0) is 43.7 Å². The van der Waals surface area contributed by atoms with Crippen LogP contribution in [-0.4, -0.2) is 18.0 Å². The van der Waals surface area contributed by atoms with Gasteiger partial charge < -0.3 is 4.57 Å². The number of hydrogen-bond acceptors (Lipinski definition) is 3. The zero-order chi connectivity index (χ0) is 16.4. The molecule has 0 saturated heterocycles. The minimum atomic E-state index is -3.50. The fourth-order valence-corrected chi connectivity index (χ4v) is 3.50. The van der Waals surface area contributed by atoms with Crippen LogP contribution in [0, 0.1) is 0 Å². The molecule has 0 aliphatic rings. The molecular weight excluding hydrogens is 310 g/mol. The summed E-state index contributed by atoms with van der Waals surface area (Å²) < 4.78 is 29.2. The summed E-state index contributed by atoms with van der Waals surface area (Å²) in [7, 11) is -3.50. The minimum absolute atomic E-state index is 0.238. The molecule has 23 heavy (non-hydrogen) atoms. The Balaban J connectivity index is 1.80. The van der Waals surface area contributed by atoms with Gasteiger partial charge in [-0.3, -0.25) is 0 Å². The van der Waals surface area contributed by atoms with Crippen molar-refractivity contribution in [3.8, 4) is 0 Å². The monoisotopic (exact) mass is 329 g/mol. The van der Waals surface area contributed by atoms with Crippen LogP contribution in [0.15, 0.2) is 59.8 Å². The highest BCUT2D eigenvalue weighted by Gasteiger charge is 2.13. The fraction of sp³-hybridized carbons (Fsp3) is 0.235. The van der Waals surface area contributed by atoms with E-state index in [0.29, 0.717) is 6.04 Å². The van der Waals surface area contributed by atoms with Crippen molar-refractivity contribution in [1.82, 2.24) is 14.3 Å². The SMILES string of the molecule is CC(C)n1cnc2cc(CNS(=O)(=O)c3ccccc3)ccc21. The van der Waals surface area contributed by atoms with E-state index in [9.17, 15) is 8.42 Å². The molecule has 0 fully saturated rings. The molecule has 3 aromatic rings. The average Bonchev–Trinajstić information content (AvgIpc) is 2.97. The number of imidazole rings is 1. The van der Waals surface area contributed by atoms with Crippen LogP contribution in [-0.2, 0) is 16.6 Å². The molecule has 2 aromatic carbocycles. The van der Waals surface area contributed by atoms with Crippen LogP contribution >= 0.6 is 0 Å². The van der Waals surface area contributed by atoms with Gasteiger partial charge in [0, 0.05) is 12.6 Å². The Hall–Kier alpha value is -2.18. The zero-order valence-electron chi connectivity index (χ0n) is 13.1. The van der Waals surface area contributed by atoms with Crippen molar-refractivity contribution in [3.63, 3.8) is 0 Å². The smallest absolute Gasteiger partial charge is 0.240 e. The maximum Gasteiger partial charge on any atom is 0.240 e. The molecule has 0 unspecified atom stereocenters. The molecule has 0 amide bonds.